The van der Waals surface area contributed by atoms with Crippen LogP contribution in [0.15, 0.2) is 24.3 Å². The molecule has 108 valence electrons. The molecule has 1 aromatic rings. The summed E-state index contributed by atoms with van der Waals surface area (Å²) in [6, 6.07) is 8.36. The summed E-state index contributed by atoms with van der Waals surface area (Å²) in [4.78, 5) is 14.5. The predicted octanol–water partition coefficient (Wildman–Crippen LogP) is 4.03. The van der Waals surface area contributed by atoms with Crippen molar-refractivity contribution in [3.05, 3.63) is 29.8 Å². The van der Waals surface area contributed by atoms with E-state index < -0.39 is 0 Å². The topological polar surface area (TPSA) is 20.3 Å². The van der Waals surface area contributed by atoms with Crippen LogP contribution < -0.4 is 4.90 Å². The fraction of sp³-hybridized carbons (Fsp3) is 0.588. The van der Waals surface area contributed by atoms with Gasteiger partial charge < -0.3 is 4.90 Å². The highest BCUT2D eigenvalue weighted by Crippen LogP contribution is 2.30. The summed E-state index contributed by atoms with van der Waals surface area (Å²) in [5.74, 6) is 0.951. The number of thioether (sulfide) groups is 1. The van der Waals surface area contributed by atoms with Crippen LogP contribution in [0, 0.1) is 0 Å². The van der Waals surface area contributed by atoms with Gasteiger partial charge in [0, 0.05) is 17.5 Å². The van der Waals surface area contributed by atoms with Gasteiger partial charge in [0.25, 0.3) is 0 Å². The number of anilines is 1. The van der Waals surface area contributed by atoms with E-state index in [4.69, 9.17) is 0 Å². The fourth-order valence-electron chi connectivity index (χ4n) is 3.29. The molecular formula is C17H23NOS. The van der Waals surface area contributed by atoms with Crippen molar-refractivity contribution in [1.82, 2.24) is 0 Å². The molecule has 1 heterocycles. The third-order valence-corrected chi connectivity index (χ3v) is 5.76. The second-order valence-corrected chi connectivity index (χ2v) is 7.14. The average molecular weight is 289 g/mol. The number of aryl methyl sites for hydroxylation is 1. The Balaban J connectivity index is 1.60. The summed E-state index contributed by atoms with van der Waals surface area (Å²) in [6.07, 6.45) is 8.87. The van der Waals surface area contributed by atoms with Crippen LogP contribution in [0.2, 0.25) is 0 Å². The molecule has 0 atom stereocenters. The number of hydrogen-bond donors (Lipinski definition) is 0. The van der Waals surface area contributed by atoms with E-state index in [1.54, 1.807) is 0 Å². The van der Waals surface area contributed by atoms with Gasteiger partial charge in [0.2, 0.25) is 5.91 Å². The molecular weight excluding hydrogens is 266 g/mol. The minimum Gasteiger partial charge on any atom is -0.311 e. The molecule has 1 aliphatic carbocycles. The average Bonchev–Trinajstić information content (AvgIpc) is 2.53. The van der Waals surface area contributed by atoms with Crippen LogP contribution in [0.25, 0.3) is 0 Å². The molecule has 1 amide bonds. The lowest BCUT2D eigenvalue weighted by atomic mass is 10.0. The van der Waals surface area contributed by atoms with Crippen molar-refractivity contribution < 1.29 is 4.79 Å². The van der Waals surface area contributed by atoms with Crippen LogP contribution in [-0.2, 0) is 11.2 Å². The highest BCUT2D eigenvalue weighted by molar-refractivity contribution is 8.00. The molecule has 0 radical (unpaired) electrons. The Morgan fingerprint density at radius 1 is 1.15 bits per heavy atom. The highest BCUT2D eigenvalue weighted by atomic mass is 32.2. The van der Waals surface area contributed by atoms with Crippen LogP contribution in [0.1, 0.15) is 44.1 Å². The van der Waals surface area contributed by atoms with Gasteiger partial charge in [-0.3, -0.25) is 4.79 Å². The molecule has 1 saturated carbocycles. The number of nitrogens with zero attached hydrogens (tertiary/aromatic N) is 1. The molecule has 2 aliphatic rings. The Morgan fingerprint density at radius 2 is 1.95 bits per heavy atom. The Hall–Kier alpha value is -0.960. The van der Waals surface area contributed by atoms with Crippen molar-refractivity contribution in [2.75, 3.05) is 17.2 Å². The highest BCUT2D eigenvalue weighted by Gasteiger charge is 2.23. The molecule has 1 fully saturated rings. The number of para-hydroxylation sites is 1. The molecule has 20 heavy (non-hydrogen) atoms. The van der Waals surface area contributed by atoms with E-state index in [1.165, 1.54) is 37.7 Å². The largest absolute Gasteiger partial charge is 0.311 e. The molecule has 0 saturated heterocycles. The van der Waals surface area contributed by atoms with E-state index in [-0.39, 0.29) is 0 Å². The summed E-state index contributed by atoms with van der Waals surface area (Å²) in [7, 11) is 0. The Labute approximate surface area is 125 Å². The lowest BCUT2D eigenvalue weighted by Gasteiger charge is -2.30. The summed E-state index contributed by atoms with van der Waals surface area (Å²) in [5, 5.41) is 0.715. The van der Waals surface area contributed by atoms with Crippen LogP contribution >= 0.6 is 11.8 Å². The number of hydrogen-bond acceptors (Lipinski definition) is 2. The number of carbonyl (C=O) groups excluding carboxylic acids is 1. The monoisotopic (exact) mass is 289 g/mol. The van der Waals surface area contributed by atoms with Crippen LogP contribution in [0.3, 0.4) is 0 Å². The minimum atomic E-state index is 0.299. The quantitative estimate of drug-likeness (QED) is 0.837. The molecule has 0 unspecified atom stereocenters. The standard InChI is InChI=1S/C17H23NOS/c19-17(13-20-15-9-2-1-3-10-15)18-12-6-8-14-7-4-5-11-16(14)18/h4-5,7,11,15H,1-3,6,8-10,12-13H2. The first kappa shape index (κ1) is 14.0. The second-order valence-electron chi connectivity index (χ2n) is 5.85. The number of rotatable bonds is 3. The summed E-state index contributed by atoms with van der Waals surface area (Å²) in [6.45, 7) is 0.890. The Bertz CT molecular complexity index is 468. The van der Waals surface area contributed by atoms with Crippen molar-refractivity contribution in [3.63, 3.8) is 0 Å². The van der Waals surface area contributed by atoms with Gasteiger partial charge in [-0.05, 0) is 37.3 Å². The van der Waals surface area contributed by atoms with Gasteiger partial charge in [-0.2, -0.15) is 0 Å². The number of amides is 1. The molecule has 3 heteroatoms. The van der Waals surface area contributed by atoms with E-state index in [0.29, 0.717) is 16.9 Å². The maximum absolute atomic E-state index is 12.5. The van der Waals surface area contributed by atoms with E-state index >= 15 is 0 Å². The van der Waals surface area contributed by atoms with Gasteiger partial charge in [-0.1, -0.05) is 37.5 Å². The fourth-order valence-corrected chi connectivity index (χ4v) is 4.49. The first-order valence-electron chi connectivity index (χ1n) is 7.84. The lowest BCUT2D eigenvalue weighted by Crippen LogP contribution is -2.37. The van der Waals surface area contributed by atoms with Gasteiger partial charge in [0.15, 0.2) is 0 Å². The first-order chi connectivity index (χ1) is 9.84. The van der Waals surface area contributed by atoms with Crippen molar-refractivity contribution in [1.29, 1.82) is 0 Å². The third-order valence-electron chi connectivity index (χ3n) is 4.41. The molecule has 1 aliphatic heterocycles. The number of benzene rings is 1. The van der Waals surface area contributed by atoms with Crippen LogP contribution in [0.4, 0.5) is 5.69 Å². The molecule has 0 bridgehead atoms. The smallest absolute Gasteiger partial charge is 0.236 e. The lowest BCUT2D eigenvalue weighted by molar-refractivity contribution is -0.116. The van der Waals surface area contributed by atoms with E-state index in [2.05, 4.69) is 18.2 Å². The molecule has 2 nitrogen and oxygen atoms in total. The van der Waals surface area contributed by atoms with Crippen molar-refractivity contribution in [2.24, 2.45) is 0 Å². The van der Waals surface area contributed by atoms with E-state index in [9.17, 15) is 4.79 Å². The maximum Gasteiger partial charge on any atom is 0.236 e. The van der Waals surface area contributed by atoms with Gasteiger partial charge in [0.1, 0.15) is 0 Å². The summed E-state index contributed by atoms with van der Waals surface area (Å²) in [5.41, 5.74) is 2.47. The zero-order valence-electron chi connectivity index (χ0n) is 12.0. The zero-order valence-corrected chi connectivity index (χ0v) is 12.8. The van der Waals surface area contributed by atoms with Gasteiger partial charge >= 0.3 is 0 Å². The Morgan fingerprint density at radius 3 is 2.80 bits per heavy atom. The molecule has 1 aromatic carbocycles. The molecule has 0 spiro atoms. The molecule has 0 N–H and O–H groups in total. The summed E-state index contributed by atoms with van der Waals surface area (Å²) < 4.78 is 0. The first-order valence-corrected chi connectivity index (χ1v) is 8.89. The second kappa shape index (κ2) is 6.66. The van der Waals surface area contributed by atoms with Crippen molar-refractivity contribution in [2.45, 2.75) is 50.2 Å². The number of fused-ring (bicyclic) bond motifs is 1. The zero-order chi connectivity index (χ0) is 13.8. The van der Waals surface area contributed by atoms with E-state index in [1.807, 2.05) is 22.7 Å². The summed E-state index contributed by atoms with van der Waals surface area (Å²) >= 11 is 1.88. The molecule has 3 rings (SSSR count). The third kappa shape index (κ3) is 3.20. The number of carbonyl (C=O) groups is 1. The van der Waals surface area contributed by atoms with Crippen molar-refractivity contribution >= 4 is 23.4 Å². The van der Waals surface area contributed by atoms with Crippen LogP contribution in [-0.4, -0.2) is 23.5 Å². The van der Waals surface area contributed by atoms with Gasteiger partial charge in [-0.15, -0.1) is 11.8 Å². The predicted molar refractivity (Wildman–Crippen MR) is 86.4 cm³/mol. The van der Waals surface area contributed by atoms with Crippen molar-refractivity contribution in [3.8, 4) is 0 Å². The van der Waals surface area contributed by atoms with Crippen LogP contribution in [0.5, 0.6) is 0 Å². The minimum absolute atomic E-state index is 0.299. The normalized spacial score (nSPS) is 19.7. The SMILES string of the molecule is O=C(CSC1CCCCC1)N1CCCc2ccccc21. The Kier molecular flexibility index (Phi) is 4.66. The maximum atomic E-state index is 12.5. The van der Waals surface area contributed by atoms with Gasteiger partial charge in [-0.25, -0.2) is 0 Å². The van der Waals surface area contributed by atoms with Gasteiger partial charge in [0.05, 0.1) is 5.75 Å². The molecule has 0 aromatic heterocycles. The van der Waals surface area contributed by atoms with E-state index in [0.717, 1.165) is 25.1 Å².